The Kier molecular flexibility index (Phi) is 6.05. The first-order chi connectivity index (χ1) is 7.29. The third-order valence-corrected chi connectivity index (χ3v) is 3.69. The van der Waals surface area contributed by atoms with E-state index in [4.69, 9.17) is 9.84 Å². The van der Waals surface area contributed by atoms with Gasteiger partial charge in [-0.15, -0.1) is 0 Å². The second-order valence-corrected chi connectivity index (χ2v) is 4.75. The van der Waals surface area contributed by atoms with Crippen LogP contribution in [0.4, 0.5) is 0 Å². The summed E-state index contributed by atoms with van der Waals surface area (Å²) < 4.78 is 4.95. The van der Waals surface area contributed by atoms with Gasteiger partial charge in [0, 0.05) is 31.9 Å². The van der Waals surface area contributed by atoms with Crippen molar-refractivity contribution in [3.63, 3.8) is 0 Å². The molecule has 0 aromatic heterocycles. The number of aliphatic hydroxyl groups excluding tert-OH is 1. The van der Waals surface area contributed by atoms with Gasteiger partial charge in [-0.05, 0) is 12.2 Å². The molecule has 0 saturated carbocycles. The van der Waals surface area contributed by atoms with Crippen LogP contribution in [0.1, 0.15) is 6.42 Å². The van der Waals surface area contributed by atoms with E-state index in [1.54, 1.807) is 12.0 Å². The van der Waals surface area contributed by atoms with Gasteiger partial charge in [-0.25, -0.2) is 0 Å². The highest BCUT2D eigenvalue weighted by Crippen LogP contribution is 2.24. The standard InChI is InChI=1S/C10H19NO3S/c1-14-6-4-11(3-5-12)10(13)9-2-7-15-8-9/h9,12H,2-8H2,1H3. The van der Waals surface area contributed by atoms with Gasteiger partial charge in [0.15, 0.2) is 0 Å². The maximum absolute atomic E-state index is 12.0. The van der Waals surface area contributed by atoms with Crippen LogP contribution in [0.25, 0.3) is 0 Å². The van der Waals surface area contributed by atoms with E-state index < -0.39 is 0 Å². The van der Waals surface area contributed by atoms with Gasteiger partial charge < -0.3 is 14.7 Å². The third kappa shape index (κ3) is 4.01. The quantitative estimate of drug-likeness (QED) is 0.712. The van der Waals surface area contributed by atoms with Crippen LogP contribution in [0.15, 0.2) is 0 Å². The summed E-state index contributed by atoms with van der Waals surface area (Å²) in [6.45, 7) is 1.56. The fraction of sp³-hybridized carbons (Fsp3) is 0.900. The number of hydrogen-bond donors (Lipinski definition) is 1. The first-order valence-corrected chi connectivity index (χ1v) is 6.41. The Bertz CT molecular complexity index is 195. The number of methoxy groups -OCH3 is 1. The molecule has 0 aromatic rings. The summed E-state index contributed by atoms with van der Waals surface area (Å²) in [6, 6.07) is 0. The van der Waals surface area contributed by atoms with Gasteiger partial charge in [-0.3, -0.25) is 4.79 Å². The normalized spacial score (nSPS) is 20.5. The van der Waals surface area contributed by atoms with Crippen LogP contribution in [-0.4, -0.2) is 60.8 Å². The van der Waals surface area contributed by atoms with Crippen LogP contribution in [0, 0.1) is 5.92 Å². The number of thioether (sulfide) groups is 1. The molecule has 5 heteroatoms. The van der Waals surface area contributed by atoms with Crippen LogP contribution in [-0.2, 0) is 9.53 Å². The summed E-state index contributed by atoms with van der Waals surface area (Å²) in [5, 5.41) is 8.89. The van der Waals surface area contributed by atoms with E-state index in [1.807, 2.05) is 11.8 Å². The number of nitrogens with zero attached hydrogens (tertiary/aromatic N) is 1. The Morgan fingerprint density at radius 1 is 1.60 bits per heavy atom. The molecule has 88 valence electrons. The van der Waals surface area contributed by atoms with Gasteiger partial charge >= 0.3 is 0 Å². The predicted molar refractivity (Wildman–Crippen MR) is 61.0 cm³/mol. The smallest absolute Gasteiger partial charge is 0.226 e. The minimum absolute atomic E-state index is 0.0231. The highest BCUT2D eigenvalue weighted by atomic mass is 32.2. The van der Waals surface area contributed by atoms with Crippen molar-refractivity contribution in [2.45, 2.75) is 6.42 Å². The zero-order valence-electron chi connectivity index (χ0n) is 9.15. The molecular weight excluding hydrogens is 214 g/mol. The largest absolute Gasteiger partial charge is 0.395 e. The monoisotopic (exact) mass is 233 g/mol. The highest BCUT2D eigenvalue weighted by molar-refractivity contribution is 7.99. The van der Waals surface area contributed by atoms with Crippen LogP contribution in [0.5, 0.6) is 0 Å². The molecule has 4 nitrogen and oxygen atoms in total. The maximum atomic E-state index is 12.0. The lowest BCUT2D eigenvalue weighted by atomic mass is 10.1. The van der Waals surface area contributed by atoms with E-state index in [2.05, 4.69) is 0 Å². The minimum Gasteiger partial charge on any atom is -0.395 e. The number of carbonyl (C=O) groups is 1. The number of carbonyl (C=O) groups excluding carboxylic acids is 1. The number of rotatable bonds is 6. The average molecular weight is 233 g/mol. The van der Waals surface area contributed by atoms with Gasteiger partial charge in [-0.2, -0.15) is 11.8 Å². The molecule has 1 atom stereocenters. The fourth-order valence-electron chi connectivity index (χ4n) is 1.64. The topological polar surface area (TPSA) is 49.8 Å². The van der Waals surface area contributed by atoms with E-state index in [0.29, 0.717) is 19.7 Å². The molecule has 1 N–H and O–H groups in total. The van der Waals surface area contributed by atoms with Crippen LogP contribution in [0.3, 0.4) is 0 Å². The van der Waals surface area contributed by atoms with Crippen molar-refractivity contribution in [1.82, 2.24) is 4.90 Å². The van der Waals surface area contributed by atoms with Crippen molar-refractivity contribution >= 4 is 17.7 Å². The van der Waals surface area contributed by atoms with Crippen LogP contribution >= 0.6 is 11.8 Å². The van der Waals surface area contributed by atoms with Crippen molar-refractivity contribution in [2.24, 2.45) is 5.92 Å². The number of hydrogen-bond acceptors (Lipinski definition) is 4. The molecule has 0 bridgehead atoms. The lowest BCUT2D eigenvalue weighted by Gasteiger charge is -2.24. The number of aliphatic hydroxyl groups is 1. The van der Waals surface area contributed by atoms with E-state index in [1.165, 1.54) is 0 Å². The van der Waals surface area contributed by atoms with Crippen LogP contribution in [0.2, 0.25) is 0 Å². The molecule has 1 fully saturated rings. The Morgan fingerprint density at radius 2 is 2.40 bits per heavy atom. The molecule has 1 aliphatic rings. The Balaban J connectivity index is 2.41. The molecule has 1 aliphatic heterocycles. The molecule has 0 aromatic carbocycles. The molecule has 1 heterocycles. The Hall–Kier alpha value is -0.260. The van der Waals surface area contributed by atoms with Crippen molar-refractivity contribution in [2.75, 3.05) is 44.9 Å². The number of ether oxygens (including phenoxy) is 1. The zero-order valence-corrected chi connectivity index (χ0v) is 9.96. The molecule has 1 saturated heterocycles. The summed E-state index contributed by atoms with van der Waals surface area (Å²) in [5.41, 5.74) is 0. The van der Waals surface area contributed by atoms with Gasteiger partial charge in [0.2, 0.25) is 5.91 Å². The summed E-state index contributed by atoms with van der Waals surface area (Å²) in [7, 11) is 1.62. The van der Waals surface area contributed by atoms with Crippen molar-refractivity contribution in [1.29, 1.82) is 0 Å². The second-order valence-electron chi connectivity index (χ2n) is 3.60. The molecule has 1 rings (SSSR count). The van der Waals surface area contributed by atoms with Crippen molar-refractivity contribution in [3.05, 3.63) is 0 Å². The van der Waals surface area contributed by atoms with Crippen molar-refractivity contribution < 1.29 is 14.6 Å². The molecule has 15 heavy (non-hydrogen) atoms. The van der Waals surface area contributed by atoms with E-state index in [-0.39, 0.29) is 18.4 Å². The Morgan fingerprint density at radius 3 is 2.93 bits per heavy atom. The van der Waals surface area contributed by atoms with E-state index in [9.17, 15) is 4.79 Å². The Labute approximate surface area is 95.0 Å². The molecular formula is C10H19NO3S. The highest BCUT2D eigenvalue weighted by Gasteiger charge is 2.27. The fourth-order valence-corrected chi connectivity index (χ4v) is 2.85. The SMILES string of the molecule is COCCN(CCO)C(=O)C1CCSC1. The lowest BCUT2D eigenvalue weighted by Crippen LogP contribution is -2.40. The molecule has 0 spiro atoms. The van der Waals surface area contributed by atoms with E-state index >= 15 is 0 Å². The van der Waals surface area contributed by atoms with Crippen molar-refractivity contribution in [3.8, 4) is 0 Å². The van der Waals surface area contributed by atoms with Gasteiger partial charge in [0.05, 0.1) is 13.2 Å². The molecule has 0 aliphatic carbocycles. The average Bonchev–Trinajstić information content (AvgIpc) is 2.76. The van der Waals surface area contributed by atoms with Gasteiger partial charge in [0.25, 0.3) is 0 Å². The van der Waals surface area contributed by atoms with Crippen LogP contribution < -0.4 is 0 Å². The van der Waals surface area contributed by atoms with Gasteiger partial charge in [0.1, 0.15) is 0 Å². The minimum atomic E-state index is 0.0231. The number of amides is 1. The second kappa shape index (κ2) is 7.09. The van der Waals surface area contributed by atoms with Gasteiger partial charge in [-0.1, -0.05) is 0 Å². The summed E-state index contributed by atoms with van der Waals surface area (Å²) >= 11 is 1.83. The summed E-state index contributed by atoms with van der Waals surface area (Å²) in [6.07, 6.45) is 0.971. The lowest BCUT2D eigenvalue weighted by molar-refractivity contribution is -0.135. The summed E-state index contributed by atoms with van der Waals surface area (Å²) in [4.78, 5) is 13.7. The molecule has 1 amide bonds. The first kappa shape index (κ1) is 12.8. The maximum Gasteiger partial charge on any atom is 0.226 e. The first-order valence-electron chi connectivity index (χ1n) is 5.26. The predicted octanol–water partition coefficient (Wildman–Crippen LogP) is 0.207. The summed E-state index contributed by atoms with van der Waals surface area (Å²) in [5.74, 6) is 2.32. The molecule has 1 unspecified atom stereocenters. The zero-order chi connectivity index (χ0) is 11.1. The van der Waals surface area contributed by atoms with E-state index in [0.717, 1.165) is 17.9 Å². The third-order valence-electron chi connectivity index (χ3n) is 2.53. The molecule has 0 radical (unpaired) electrons.